The predicted molar refractivity (Wildman–Crippen MR) is 73.0 cm³/mol. The first kappa shape index (κ1) is 14.9. The zero-order chi connectivity index (χ0) is 14.6. The second kappa shape index (κ2) is 6.33. The Morgan fingerprint density at radius 1 is 1.45 bits per heavy atom. The highest BCUT2D eigenvalue weighted by atomic mass is 19.1. The molecule has 110 valence electrons. The summed E-state index contributed by atoms with van der Waals surface area (Å²) in [6.07, 6.45) is 3.14. The Morgan fingerprint density at radius 3 is 2.65 bits per heavy atom. The number of carbonyl (C=O) groups is 1. The van der Waals surface area contributed by atoms with Gasteiger partial charge in [-0.15, -0.1) is 0 Å². The Morgan fingerprint density at radius 2 is 2.15 bits per heavy atom. The predicted octanol–water partition coefficient (Wildman–Crippen LogP) is 2.07. The lowest BCUT2D eigenvalue weighted by Crippen LogP contribution is -2.43. The van der Waals surface area contributed by atoms with Gasteiger partial charge in [0.25, 0.3) is 0 Å². The SMILES string of the molecule is NCC(CCC1CCCO1)(C(=O)O)c1ccc(F)cc1. The molecule has 0 spiro atoms. The number of aliphatic carboxylic acids is 1. The lowest BCUT2D eigenvalue weighted by molar-refractivity contribution is -0.144. The minimum absolute atomic E-state index is 0.0132. The van der Waals surface area contributed by atoms with Gasteiger partial charge in [-0.05, 0) is 43.4 Å². The van der Waals surface area contributed by atoms with E-state index < -0.39 is 11.4 Å². The van der Waals surface area contributed by atoms with Crippen LogP contribution in [0.3, 0.4) is 0 Å². The van der Waals surface area contributed by atoms with Crippen LogP contribution in [0.4, 0.5) is 4.39 Å². The third-order valence-electron chi connectivity index (χ3n) is 4.07. The summed E-state index contributed by atoms with van der Waals surface area (Å²) in [5, 5.41) is 9.61. The van der Waals surface area contributed by atoms with E-state index in [0.717, 1.165) is 19.4 Å². The van der Waals surface area contributed by atoms with Crippen molar-refractivity contribution < 1.29 is 19.0 Å². The maximum atomic E-state index is 13.0. The normalized spacial score (nSPS) is 21.6. The van der Waals surface area contributed by atoms with Gasteiger partial charge in [0.05, 0.1) is 6.10 Å². The molecule has 5 heteroatoms. The molecule has 2 rings (SSSR count). The van der Waals surface area contributed by atoms with E-state index in [9.17, 15) is 14.3 Å². The van der Waals surface area contributed by atoms with Gasteiger partial charge in [0.2, 0.25) is 0 Å². The molecule has 0 radical (unpaired) electrons. The quantitative estimate of drug-likeness (QED) is 0.837. The number of nitrogens with two attached hydrogens (primary N) is 1. The number of halogens is 1. The van der Waals surface area contributed by atoms with Crippen LogP contribution < -0.4 is 5.73 Å². The lowest BCUT2D eigenvalue weighted by atomic mass is 9.76. The van der Waals surface area contributed by atoms with E-state index in [4.69, 9.17) is 10.5 Å². The molecule has 20 heavy (non-hydrogen) atoms. The molecule has 0 amide bonds. The average molecular weight is 281 g/mol. The Hall–Kier alpha value is -1.46. The third kappa shape index (κ3) is 2.99. The van der Waals surface area contributed by atoms with Crippen molar-refractivity contribution in [2.24, 2.45) is 5.73 Å². The molecule has 0 bridgehead atoms. The van der Waals surface area contributed by atoms with Crippen molar-refractivity contribution in [1.82, 2.24) is 0 Å². The van der Waals surface area contributed by atoms with Crippen LogP contribution >= 0.6 is 0 Å². The number of benzene rings is 1. The minimum Gasteiger partial charge on any atom is -0.481 e. The van der Waals surface area contributed by atoms with E-state index in [-0.39, 0.29) is 18.5 Å². The summed E-state index contributed by atoms with van der Waals surface area (Å²) < 4.78 is 18.5. The standard InChI is InChI=1S/C15H20FNO3/c16-12-5-3-11(4-6-12)15(10-17,14(18)19)8-7-13-2-1-9-20-13/h3-6,13H,1-2,7-10,17H2,(H,18,19). The Labute approximate surface area is 117 Å². The average Bonchev–Trinajstić information content (AvgIpc) is 2.94. The van der Waals surface area contributed by atoms with Crippen LogP contribution in [0.15, 0.2) is 24.3 Å². The topological polar surface area (TPSA) is 72.5 Å². The van der Waals surface area contributed by atoms with Crippen LogP contribution in [0.2, 0.25) is 0 Å². The molecule has 1 heterocycles. The molecule has 3 N–H and O–H groups in total. The molecule has 1 fully saturated rings. The number of carboxylic acids is 1. The summed E-state index contributed by atoms with van der Waals surface area (Å²) in [6, 6.07) is 5.56. The fourth-order valence-electron chi connectivity index (χ4n) is 2.73. The van der Waals surface area contributed by atoms with E-state index in [2.05, 4.69) is 0 Å². The zero-order valence-electron chi connectivity index (χ0n) is 11.3. The summed E-state index contributed by atoms with van der Waals surface area (Å²) >= 11 is 0. The van der Waals surface area contributed by atoms with Gasteiger partial charge < -0.3 is 15.6 Å². The molecule has 1 aromatic carbocycles. The molecule has 0 aliphatic carbocycles. The zero-order valence-corrected chi connectivity index (χ0v) is 11.3. The first-order valence-corrected chi connectivity index (χ1v) is 6.89. The highest BCUT2D eigenvalue weighted by Gasteiger charge is 2.39. The lowest BCUT2D eigenvalue weighted by Gasteiger charge is -2.29. The first-order chi connectivity index (χ1) is 9.58. The first-order valence-electron chi connectivity index (χ1n) is 6.89. The summed E-state index contributed by atoms with van der Waals surface area (Å²) in [5.41, 5.74) is 5.13. The Bertz CT molecular complexity index is 457. The monoisotopic (exact) mass is 281 g/mol. The van der Waals surface area contributed by atoms with Crippen molar-refractivity contribution in [2.75, 3.05) is 13.2 Å². The highest BCUT2D eigenvalue weighted by Crippen LogP contribution is 2.32. The molecule has 1 aromatic rings. The summed E-state index contributed by atoms with van der Waals surface area (Å²) in [4.78, 5) is 11.7. The number of ether oxygens (including phenoxy) is 1. The van der Waals surface area contributed by atoms with Gasteiger partial charge in [-0.25, -0.2) is 4.39 Å². The fraction of sp³-hybridized carbons (Fsp3) is 0.533. The number of rotatable bonds is 6. The minimum atomic E-state index is -1.17. The van der Waals surface area contributed by atoms with E-state index >= 15 is 0 Å². The number of carboxylic acid groups (broad SMARTS) is 1. The van der Waals surface area contributed by atoms with Gasteiger partial charge in [0, 0.05) is 13.2 Å². The van der Waals surface area contributed by atoms with Crippen LogP contribution in [-0.2, 0) is 14.9 Å². The summed E-state index contributed by atoms with van der Waals surface area (Å²) in [5.74, 6) is -1.35. The molecule has 1 saturated heterocycles. The largest absolute Gasteiger partial charge is 0.481 e. The maximum Gasteiger partial charge on any atom is 0.315 e. The maximum absolute atomic E-state index is 13.0. The van der Waals surface area contributed by atoms with Crippen LogP contribution in [0, 0.1) is 5.82 Å². The highest BCUT2D eigenvalue weighted by molar-refractivity contribution is 5.81. The van der Waals surface area contributed by atoms with E-state index in [1.807, 2.05) is 0 Å². The molecule has 1 aliphatic rings. The van der Waals surface area contributed by atoms with Gasteiger partial charge in [-0.3, -0.25) is 4.79 Å². The molecule has 2 unspecified atom stereocenters. The van der Waals surface area contributed by atoms with Crippen LogP contribution in [0.1, 0.15) is 31.2 Å². The molecule has 0 aromatic heterocycles. The second-order valence-electron chi connectivity index (χ2n) is 5.27. The van der Waals surface area contributed by atoms with E-state index in [0.29, 0.717) is 18.4 Å². The van der Waals surface area contributed by atoms with Gasteiger partial charge in [0.15, 0.2) is 0 Å². The molecule has 2 atom stereocenters. The van der Waals surface area contributed by atoms with Gasteiger partial charge >= 0.3 is 5.97 Å². The van der Waals surface area contributed by atoms with Crippen molar-refractivity contribution >= 4 is 5.97 Å². The number of hydrogen-bond acceptors (Lipinski definition) is 3. The van der Waals surface area contributed by atoms with Gasteiger partial charge in [-0.1, -0.05) is 12.1 Å². The van der Waals surface area contributed by atoms with Crippen LogP contribution in [-0.4, -0.2) is 30.3 Å². The van der Waals surface area contributed by atoms with E-state index in [1.54, 1.807) is 0 Å². The van der Waals surface area contributed by atoms with Crippen molar-refractivity contribution in [1.29, 1.82) is 0 Å². The van der Waals surface area contributed by atoms with Crippen LogP contribution in [0.25, 0.3) is 0 Å². The molecule has 1 aliphatic heterocycles. The molecule has 0 saturated carbocycles. The van der Waals surface area contributed by atoms with Crippen molar-refractivity contribution in [3.8, 4) is 0 Å². The number of hydrogen-bond donors (Lipinski definition) is 2. The summed E-state index contributed by atoms with van der Waals surface area (Å²) in [6.45, 7) is 0.727. The van der Waals surface area contributed by atoms with Crippen molar-refractivity contribution in [3.05, 3.63) is 35.6 Å². The summed E-state index contributed by atoms with van der Waals surface area (Å²) in [7, 11) is 0. The fourth-order valence-corrected chi connectivity index (χ4v) is 2.73. The molecular formula is C15H20FNO3. The van der Waals surface area contributed by atoms with Crippen LogP contribution in [0.5, 0.6) is 0 Å². The molecular weight excluding hydrogens is 261 g/mol. The molecule has 4 nitrogen and oxygen atoms in total. The second-order valence-corrected chi connectivity index (χ2v) is 5.27. The van der Waals surface area contributed by atoms with Gasteiger partial charge in [-0.2, -0.15) is 0 Å². The van der Waals surface area contributed by atoms with Crippen molar-refractivity contribution in [3.63, 3.8) is 0 Å². The Balaban J connectivity index is 2.19. The Kier molecular flexibility index (Phi) is 4.73. The third-order valence-corrected chi connectivity index (χ3v) is 4.07. The van der Waals surface area contributed by atoms with E-state index in [1.165, 1.54) is 24.3 Å². The van der Waals surface area contributed by atoms with Crippen molar-refractivity contribution in [2.45, 2.75) is 37.2 Å². The smallest absolute Gasteiger partial charge is 0.315 e. The van der Waals surface area contributed by atoms with Gasteiger partial charge in [0.1, 0.15) is 11.2 Å².